The van der Waals surface area contributed by atoms with Crippen molar-refractivity contribution in [3.8, 4) is 0 Å². The number of ketones is 2. The molecule has 4 nitrogen and oxygen atoms in total. The normalized spacial score (nSPS) is 29.7. The van der Waals surface area contributed by atoms with Gasteiger partial charge in [0.2, 0.25) is 0 Å². The molecule has 0 aromatic rings. The zero-order chi connectivity index (χ0) is 18.6. The summed E-state index contributed by atoms with van der Waals surface area (Å²) in [5.74, 6) is 0.687. The van der Waals surface area contributed by atoms with Gasteiger partial charge in [0.15, 0.2) is 0 Å². The van der Waals surface area contributed by atoms with Crippen molar-refractivity contribution in [3.63, 3.8) is 0 Å². The van der Waals surface area contributed by atoms with Crippen molar-refractivity contribution in [1.82, 2.24) is 8.61 Å². The van der Waals surface area contributed by atoms with Gasteiger partial charge in [0.25, 0.3) is 0 Å². The minimum atomic E-state index is -0.170. The average molecular weight is 373 g/mol. The van der Waals surface area contributed by atoms with Gasteiger partial charge in [-0.25, -0.2) is 8.61 Å². The van der Waals surface area contributed by atoms with Gasteiger partial charge in [-0.2, -0.15) is 0 Å². The molecule has 138 valence electrons. The molecule has 0 aromatic carbocycles. The van der Waals surface area contributed by atoms with Crippen LogP contribution in [0.5, 0.6) is 0 Å². The maximum absolute atomic E-state index is 12.1. The van der Waals surface area contributed by atoms with Crippen LogP contribution in [0, 0.1) is 0 Å². The minimum Gasteiger partial charge on any atom is -0.300 e. The van der Waals surface area contributed by atoms with E-state index in [1.807, 2.05) is 0 Å². The molecular formula is C18H32N2O2S2. The molecule has 0 N–H and O–H groups in total. The molecule has 2 fully saturated rings. The standard InChI is InChI=1S/C18H32N2O2S2/c1-15(2)9-13(21)10-16(3,4)19(15)23-24-20-17(5,6)11-14(22)12-18(20,7)8/h9-12H2,1-8H3. The smallest absolute Gasteiger partial charge is 0.136 e. The summed E-state index contributed by atoms with van der Waals surface area (Å²) in [7, 11) is 3.48. The molecule has 0 aromatic heterocycles. The Hall–Kier alpha value is -0.0400. The number of nitrogens with zero attached hydrogens (tertiary/aromatic N) is 2. The van der Waals surface area contributed by atoms with Gasteiger partial charge in [0, 0.05) is 69.8 Å². The van der Waals surface area contributed by atoms with Crippen molar-refractivity contribution >= 4 is 33.5 Å². The minimum absolute atomic E-state index is 0.170. The predicted molar refractivity (Wildman–Crippen MR) is 104 cm³/mol. The van der Waals surface area contributed by atoms with E-state index >= 15 is 0 Å². The Kier molecular flexibility index (Phi) is 5.31. The van der Waals surface area contributed by atoms with Crippen LogP contribution >= 0.6 is 22.0 Å². The number of carbonyl (C=O) groups is 2. The summed E-state index contributed by atoms with van der Waals surface area (Å²) in [6, 6.07) is 0. The van der Waals surface area contributed by atoms with E-state index < -0.39 is 0 Å². The van der Waals surface area contributed by atoms with Gasteiger partial charge in [0.1, 0.15) is 11.6 Å². The van der Waals surface area contributed by atoms with Crippen molar-refractivity contribution in [2.24, 2.45) is 0 Å². The summed E-state index contributed by atoms with van der Waals surface area (Å²) in [6.45, 7) is 17.2. The third kappa shape index (κ3) is 4.02. The SMILES string of the molecule is CC1(C)CC(=O)CC(C)(C)N1SSN1C(C)(C)CC(=O)CC1(C)C. The summed E-state index contributed by atoms with van der Waals surface area (Å²) in [5.41, 5.74) is -0.681. The Labute approximate surface area is 155 Å². The summed E-state index contributed by atoms with van der Waals surface area (Å²) in [6.07, 6.45) is 2.37. The van der Waals surface area contributed by atoms with E-state index in [0.29, 0.717) is 37.2 Å². The fraction of sp³-hybridized carbons (Fsp3) is 0.889. The van der Waals surface area contributed by atoms with Crippen LogP contribution in [0.25, 0.3) is 0 Å². The topological polar surface area (TPSA) is 40.6 Å². The highest BCUT2D eigenvalue weighted by Crippen LogP contribution is 2.51. The van der Waals surface area contributed by atoms with Crippen LogP contribution in [0.15, 0.2) is 0 Å². The van der Waals surface area contributed by atoms with Crippen LogP contribution in [0.2, 0.25) is 0 Å². The van der Waals surface area contributed by atoms with E-state index in [2.05, 4.69) is 64.0 Å². The molecule has 0 aliphatic carbocycles. The average Bonchev–Trinajstić information content (AvgIpc) is 2.26. The molecule has 0 unspecified atom stereocenters. The number of carbonyl (C=O) groups excluding carboxylic acids is 2. The summed E-state index contributed by atoms with van der Waals surface area (Å²) in [5, 5.41) is 0. The molecule has 0 bridgehead atoms. The van der Waals surface area contributed by atoms with Gasteiger partial charge in [-0.05, 0) is 55.4 Å². The Morgan fingerprint density at radius 2 is 0.792 bits per heavy atom. The first-order valence-corrected chi connectivity index (χ1v) is 10.7. The van der Waals surface area contributed by atoms with E-state index in [9.17, 15) is 9.59 Å². The highest BCUT2D eigenvalue weighted by molar-refractivity contribution is 8.74. The highest BCUT2D eigenvalue weighted by atomic mass is 33.1. The second-order valence-electron chi connectivity index (χ2n) is 9.77. The van der Waals surface area contributed by atoms with Crippen LogP contribution in [0.3, 0.4) is 0 Å². The predicted octanol–water partition coefficient (Wildman–Crippen LogP) is 4.64. The molecule has 0 amide bonds. The lowest BCUT2D eigenvalue weighted by Gasteiger charge is -2.54. The fourth-order valence-corrected chi connectivity index (χ4v) is 8.47. The van der Waals surface area contributed by atoms with Crippen LogP contribution in [0.1, 0.15) is 81.1 Å². The molecule has 24 heavy (non-hydrogen) atoms. The zero-order valence-electron chi connectivity index (χ0n) is 16.4. The van der Waals surface area contributed by atoms with Gasteiger partial charge < -0.3 is 0 Å². The van der Waals surface area contributed by atoms with Crippen molar-refractivity contribution in [2.75, 3.05) is 0 Å². The van der Waals surface area contributed by atoms with Crippen LogP contribution in [-0.2, 0) is 9.59 Å². The Bertz CT molecular complexity index is 453. The molecule has 0 radical (unpaired) electrons. The Balaban J connectivity index is 2.19. The van der Waals surface area contributed by atoms with Crippen LogP contribution in [0.4, 0.5) is 0 Å². The van der Waals surface area contributed by atoms with E-state index in [1.54, 1.807) is 22.0 Å². The number of Topliss-reactive ketones (excluding diaryl/α,β-unsaturated/α-hetero) is 2. The lowest BCUT2D eigenvalue weighted by molar-refractivity contribution is -0.128. The van der Waals surface area contributed by atoms with Crippen LogP contribution in [-0.4, -0.2) is 42.3 Å². The lowest BCUT2D eigenvalue weighted by Crippen LogP contribution is -2.59. The Morgan fingerprint density at radius 1 is 0.583 bits per heavy atom. The molecule has 2 saturated heterocycles. The number of piperidine rings is 2. The molecular weight excluding hydrogens is 340 g/mol. The summed E-state index contributed by atoms with van der Waals surface area (Å²) < 4.78 is 4.77. The third-order valence-electron chi connectivity index (χ3n) is 4.90. The maximum Gasteiger partial charge on any atom is 0.136 e. The molecule has 6 heteroatoms. The van der Waals surface area contributed by atoms with Crippen molar-refractivity contribution in [1.29, 1.82) is 0 Å². The molecule has 2 heterocycles. The summed E-state index contributed by atoms with van der Waals surface area (Å²) >= 11 is 0. The summed E-state index contributed by atoms with van der Waals surface area (Å²) in [4.78, 5) is 24.2. The lowest BCUT2D eigenvalue weighted by atomic mass is 9.82. The maximum atomic E-state index is 12.1. The molecule has 0 atom stereocenters. The molecule has 2 aliphatic rings. The monoisotopic (exact) mass is 372 g/mol. The molecule has 0 spiro atoms. The molecule has 0 saturated carbocycles. The largest absolute Gasteiger partial charge is 0.300 e. The van der Waals surface area contributed by atoms with Gasteiger partial charge in [-0.15, -0.1) is 0 Å². The van der Waals surface area contributed by atoms with E-state index in [4.69, 9.17) is 0 Å². The van der Waals surface area contributed by atoms with E-state index in [-0.39, 0.29) is 22.2 Å². The zero-order valence-corrected chi connectivity index (χ0v) is 18.0. The third-order valence-corrected chi connectivity index (χ3v) is 8.34. The second-order valence-corrected chi connectivity index (χ2v) is 11.7. The molecule has 2 aliphatic heterocycles. The quantitative estimate of drug-likeness (QED) is 0.531. The van der Waals surface area contributed by atoms with Crippen molar-refractivity contribution in [2.45, 2.75) is 103 Å². The number of hydrogen-bond donors (Lipinski definition) is 0. The van der Waals surface area contributed by atoms with E-state index in [0.717, 1.165) is 0 Å². The van der Waals surface area contributed by atoms with Gasteiger partial charge in [0.05, 0.1) is 0 Å². The van der Waals surface area contributed by atoms with E-state index in [1.165, 1.54) is 0 Å². The fourth-order valence-electron chi connectivity index (χ4n) is 4.45. The van der Waals surface area contributed by atoms with Gasteiger partial charge in [-0.3, -0.25) is 9.59 Å². The van der Waals surface area contributed by atoms with Crippen LogP contribution < -0.4 is 0 Å². The first-order chi connectivity index (χ1) is 10.7. The first-order valence-electron chi connectivity index (χ1n) is 8.66. The number of hydrogen-bond acceptors (Lipinski definition) is 6. The second kappa shape index (κ2) is 6.29. The molecule has 2 rings (SSSR count). The van der Waals surface area contributed by atoms with Gasteiger partial charge in [-0.1, -0.05) is 0 Å². The van der Waals surface area contributed by atoms with Crippen molar-refractivity contribution < 1.29 is 9.59 Å². The van der Waals surface area contributed by atoms with Crippen molar-refractivity contribution in [3.05, 3.63) is 0 Å². The van der Waals surface area contributed by atoms with Gasteiger partial charge >= 0.3 is 0 Å². The number of rotatable bonds is 3. The Morgan fingerprint density at radius 3 is 1.00 bits per heavy atom. The highest BCUT2D eigenvalue weighted by Gasteiger charge is 2.49. The first kappa shape index (κ1) is 20.3.